The van der Waals surface area contributed by atoms with E-state index in [0.29, 0.717) is 0 Å². The largest absolute Gasteiger partial charge is 4.00 e. The predicted octanol–water partition coefficient (Wildman–Crippen LogP) is 0.932. The van der Waals surface area contributed by atoms with Gasteiger partial charge in [0.25, 0.3) is 0 Å². The molecule has 0 saturated heterocycles. The number of hydrogen-bond donors (Lipinski definition) is 0. The van der Waals surface area contributed by atoms with Crippen LogP contribution in [0.2, 0.25) is 0 Å². The average molecular weight is 514 g/mol. The number of rotatable bonds is 0. The van der Waals surface area contributed by atoms with Crippen LogP contribution in [0.1, 0.15) is 0 Å². The van der Waals surface area contributed by atoms with Crippen LogP contribution < -0.4 is 0 Å². The summed E-state index contributed by atoms with van der Waals surface area (Å²) in [4.78, 5) is 31.0. The fourth-order valence-electron chi connectivity index (χ4n) is 0. The van der Waals surface area contributed by atoms with Gasteiger partial charge in [0.2, 0.25) is 0 Å². The molecule has 18 heavy (non-hydrogen) atoms. The van der Waals surface area contributed by atoms with Gasteiger partial charge in [0.05, 0.1) is 0 Å². The predicted molar refractivity (Wildman–Crippen MR) is 97.1 cm³/mol. The Bertz CT molecular complexity index is 41.1. The minimum absolute atomic E-state index is 0. The van der Waals surface area contributed by atoms with E-state index in [2.05, 4.69) is 27.2 Å². The van der Waals surface area contributed by atoms with Crippen molar-refractivity contribution >= 4 is 66.8 Å². The molecule has 0 spiro atoms. The molecule has 0 aromatic carbocycles. The topological polar surface area (TPSA) is 68.3 Å². The van der Waals surface area contributed by atoms with Crippen molar-refractivity contribution in [3.05, 3.63) is 29.7 Å². The first-order valence-corrected chi connectivity index (χ1v) is 0.943. The summed E-state index contributed by atoms with van der Waals surface area (Å²) in [5.74, 6) is 0. The zero-order valence-corrected chi connectivity index (χ0v) is 20.6. The molecule has 0 N–H and O–H groups in total. The summed E-state index contributed by atoms with van der Waals surface area (Å²) in [6, 6.07) is 0. The molecule has 0 radical (unpaired) electrons. The van der Waals surface area contributed by atoms with Crippen molar-refractivity contribution in [2.45, 2.75) is 0 Å². The van der Waals surface area contributed by atoms with E-state index in [1.165, 1.54) is 0 Å². The molecule has 4 atom stereocenters. The zero-order valence-electron chi connectivity index (χ0n) is 11.5. The van der Waals surface area contributed by atoms with E-state index in [4.69, 9.17) is 19.2 Å². The van der Waals surface area contributed by atoms with Gasteiger partial charge in [-0.25, -0.2) is 0 Å². The van der Waals surface area contributed by atoms with Crippen LogP contribution in [0.3, 0.4) is 0 Å². The Morgan fingerprint density at radius 2 is 0.333 bits per heavy atom. The van der Waals surface area contributed by atoms with Gasteiger partial charge in [0.15, 0.2) is 0 Å². The first kappa shape index (κ1) is 214. The molecule has 0 aromatic rings. The second kappa shape index (κ2) is 2140. The van der Waals surface area contributed by atoms with E-state index < -0.39 is 0 Å². The van der Waals surface area contributed by atoms with Crippen molar-refractivity contribution in [3.8, 4) is 0 Å². The Morgan fingerprint density at radius 3 is 0.333 bits per heavy atom. The molecule has 120 valence electrons. The Balaban J connectivity index is -0.000000000833. The van der Waals surface area contributed by atoms with Crippen molar-refractivity contribution in [2.75, 3.05) is 0 Å². The monoisotopic (exact) mass is 516 g/mol. The maximum absolute atomic E-state index is 7.75. The van der Waals surface area contributed by atoms with Gasteiger partial charge < -0.3 is 48.9 Å². The normalized spacial score (nSPS) is 0.889. The molecule has 10 heteroatoms. The van der Waals surface area contributed by atoms with Crippen LogP contribution >= 0.6 is 39.6 Å². The SMILES string of the molecule is P.P.P.P.[CH-]=O.[CH-]=O.[CH-]=O.[CH-]=O.[CH3-].[CH3-].[CH3-].[CH3-].[Ru+4].[Ru+4]. The van der Waals surface area contributed by atoms with Gasteiger partial charge >= 0.3 is 39.0 Å². The van der Waals surface area contributed by atoms with E-state index in [0.717, 1.165) is 0 Å². The quantitative estimate of drug-likeness (QED) is 0.209. The molecule has 0 aromatic heterocycles. The maximum Gasteiger partial charge on any atom is 4.00 e. The zero-order chi connectivity index (χ0) is 8.00. The number of carbonyl (C=O) groups excluding carboxylic acids is 4. The van der Waals surface area contributed by atoms with Crippen molar-refractivity contribution < 1.29 is 58.1 Å². The Morgan fingerprint density at radius 1 is 0.333 bits per heavy atom. The summed E-state index contributed by atoms with van der Waals surface area (Å²) >= 11 is 0. The van der Waals surface area contributed by atoms with Gasteiger partial charge in [-0.05, 0) is 0 Å². The Kier molecular flexibility index (Phi) is 25500. The molecule has 0 aliphatic carbocycles. The average Bonchev–Trinajstić information content (AvgIpc) is 2.03. The molecule has 0 heterocycles. The van der Waals surface area contributed by atoms with Crippen LogP contribution in [-0.2, 0) is 58.1 Å². The minimum Gasteiger partial charge on any atom is -0.545 e. The molecular formula is C8H28O4P4Ru2. The molecule has 4 nitrogen and oxygen atoms in total. The molecule has 0 amide bonds. The molecule has 0 aliphatic rings. The second-order valence-corrected chi connectivity index (χ2v) is 0. The van der Waals surface area contributed by atoms with Crippen LogP contribution in [0.25, 0.3) is 0 Å². The number of hydrogen-bond acceptors (Lipinski definition) is 4. The third-order valence-corrected chi connectivity index (χ3v) is 0. The first-order chi connectivity index (χ1) is 4.00. The summed E-state index contributed by atoms with van der Waals surface area (Å²) in [7, 11) is 0. The van der Waals surface area contributed by atoms with Gasteiger partial charge in [-0.2, -0.15) is 39.6 Å². The summed E-state index contributed by atoms with van der Waals surface area (Å²) in [5, 5.41) is 0. The van der Waals surface area contributed by atoms with Crippen LogP contribution in [-0.4, -0.2) is 27.2 Å². The third kappa shape index (κ3) is 1800. The van der Waals surface area contributed by atoms with Crippen LogP contribution in [0, 0.1) is 29.7 Å². The van der Waals surface area contributed by atoms with E-state index in [-0.39, 0.29) is 108 Å². The molecule has 0 rings (SSSR count). The molecule has 0 bridgehead atoms. The molecule has 0 aliphatic heterocycles. The van der Waals surface area contributed by atoms with Gasteiger partial charge in [-0.1, -0.05) is 0 Å². The minimum atomic E-state index is 0. The third-order valence-electron chi connectivity index (χ3n) is 0. The van der Waals surface area contributed by atoms with Gasteiger partial charge in [-0.15, -0.1) is 0 Å². The van der Waals surface area contributed by atoms with E-state index in [1.807, 2.05) is 0 Å². The summed E-state index contributed by atoms with van der Waals surface area (Å²) in [5.41, 5.74) is 0. The summed E-state index contributed by atoms with van der Waals surface area (Å²) in [6.45, 7) is 13.0. The van der Waals surface area contributed by atoms with Crippen LogP contribution in [0.5, 0.6) is 0 Å². The standard InChI is InChI=1S/4CHO.4CH3.4H3P.2Ru/c4*1-2;;;;;;;;;;/h4*1H;8*1H3;;/q8*-1;;;;;2*+4. The van der Waals surface area contributed by atoms with E-state index in [9.17, 15) is 0 Å². The van der Waals surface area contributed by atoms with Crippen molar-refractivity contribution in [1.29, 1.82) is 0 Å². The summed E-state index contributed by atoms with van der Waals surface area (Å²) < 4.78 is 0. The first-order valence-electron chi connectivity index (χ1n) is 0.943. The van der Waals surface area contributed by atoms with Crippen LogP contribution in [0.15, 0.2) is 0 Å². The Hall–Kier alpha value is 1.65. The fourth-order valence-corrected chi connectivity index (χ4v) is 0. The van der Waals surface area contributed by atoms with Gasteiger partial charge in [0.1, 0.15) is 0 Å². The molecular weight excluding hydrogens is 486 g/mol. The van der Waals surface area contributed by atoms with Crippen LogP contribution in [0.4, 0.5) is 0 Å². The van der Waals surface area contributed by atoms with Crippen molar-refractivity contribution in [2.24, 2.45) is 0 Å². The van der Waals surface area contributed by atoms with E-state index in [1.54, 1.807) is 0 Å². The van der Waals surface area contributed by atoms with Gasteiger partial charge in [0, 0.05) is 0 Å². The van der Waals surface area contributed by atoms with Crippen molar-refractivity contribution in [3.63, 3.8) is 0 Å². The maximum atomic E-state index is 7.75. The Labute approximate surface area is 154 Å². The second-order valence-electron chi connectivity index (χ2n) is 0. The molecule has 0 saturated carbocycles. The smallest absolute Gasteiger partial charge is 0.545 e. The summed E-state index contributed by atoms with van der Waals surface area (Å²) in [6.07, 6.45) is 0. The van der Waals surface area contributed by atoms with Gasteiger partial charge in [-0.3, -0.25) is 27.2 Å². The molecule has 0 fully saturated rings. The van der Waals surface area contributed by atoms with E-state index >= 15 is 0 Å². The molecule has 4 unspecified atom stereocenters. The fraction of sp³-hybridized carbons (Fsp3) is 0. The van der Waals surface area contributed by atoms with Crippen molar-refractivity contribution in [1.82, 2.24) is 0 Å².